The maximum absolute atomic E-state index is 13.5. The molecule has 1 heterocycles. The van der Waals surface area contributed by atoms with Crippen LogP contribution >= 0.6 is 0 Å². The molecular weight excluding hydrogens is 283 g/mol. The zero-order chi connectivity index (χ0) is 15.4. The predicted molar refractivity (Wildman–Crippen MR) is 72.1 cm³/mol. The van der Waals surface area contributed by atoms with Gasteiger partial charge in [0.1, 0.15) is 5.56 Å². The van der Waals surface area contributed by atoms with Crippen molar-refractivity contribution >= 4 is 17.3 Å². The number of halogens is 1. The number of benzene rings is 1. The van der Waals surface area contributed by atoms with Crippen LogP contribution in [0.5, 0.6) is 0 Å². The van der Waals surface area contributed by atoms with Crippen LogP contribution in [0.15, 0.2) is 12.1 Å². The number of nitrogen functional groups attached to an aromatic ring is 1. The Morgan fingerprint density at radius 2 is 2.33 bits per heavy atom. The first-order chi connectivity index (χ1) is 10.0. The third-order valence-electron chi connectivity index (χ3n) is 3.26. The van der Waals surface area contributed by atoms with Gasteiger partial charge in [0.25, 0.3) is 11.6 Å². The van der Waals surface area contributed by atoms with E-state index in [0.717, 1.165) is 12.5 Å². The number of nitrogens with zero attached hydrogens (tertiary/aromatic N) is 1. The molecule has 1 aromatic rings. The summed E-state index contributed by atoms with van der Waals surface area (Å²) in [6.07, 6.45) is 0.821. The molecular formula is C12H15FN4O4. The van der Waals surface area contributed by atoms with Gasteiger partial charge in [-0.3, -0.25) is 20.8 Å². The van der Waals surface area contributed by atoms with Gasteiger partial charge < -0.3 is 15.5 Å². The van der Waals surface area contributed by atoms with Gasteiger partial charge in [-0.2, -0.15) is 0 Å². The van der Waals surface area contributed by atoms with Crippen LogP contribution in [-0.2, 0) is 4.74 Å². The molecule has 1 atom stereocenters. The van der Waals surface area contributed by atoms with E-state index in [1.54, 1.807) is 0 Å². The van der Waals surface area contributed by atoms with Crippen molar-refractivity contribution in [3.63, 3.8) is 0 Å². The molecule has 0 saturated carbocycles. The topological polar surface area (TPSA) is 120 Å². The van der Waals surface area contributed by atoms with Crippen molar-refractivity contribution in [3.05, 3.63) is 33.6 Å². The molecule has 0 spiro atoms. The highest BCUT2D eigenvalue weighted by Crippen LogP contribution is 2.25. The van der Waals surface area contributed by atoms with E-state index in [1.807, 2.05) is 0 Å². The minimum Gasteiger partial charge on any atom is -0.381 e. The lowest BCUT2D eigenvalue weighted by molar-refractivity contribution is -0.385. The molecule has 0 aromatic heterocycles. The van der Waals surface area contributed by atoms with Crippen molar-refractivity contribution in [3.8, 4) is 0 Å². The Hall–Kier alpha value is -2.26. The van der Waals surface area contributed by atoms with Gasteiger partial charge in [-0.15, -0.1) is 0 Å². The molecule has 1 amide bonds. The Morgan fingerprint density at radius 1 is 1.57 bits per heavy atom. The van der Waals surface area contributed by atoms with E-state index >= 15 is 0 Å². The fraction of sp³-hybridized carbons (Fsp3) is 0.417. The number of hydrogen-bond donors (Lipinski definition) is 3. The van der Waals surface area contributed by atoms with E-state index < -0.39 is 22.3 Å². The maximum atomic E-state index is 13.5. The summed E-state index contributed by atoms with van der Waals surface area (Å²) >= 11 is 0. The molecule has 2 rings (SSSR count). The summed E-state index contributed by atoms with van der Waals surface area (Å²) in [7, 11) is 0. The highest BCUT2D eigenvalue weighted by atomic mass is 19.1. The van der Waals surface area contributed by atoms with E-state index in [1.165, 1.54) is 0 Å². The molecule has 1 saturated heterocycles. The first-order valence-electron chi connectivity index (χ1n) is 6.33. The number of carbonyl (C=O) groups is 1. The van der Waals surface area contributed by atoms with Crippen LogP contribution in [0, 0.1) is 21.8 Å². The summed E-state index contributed by atoms with van der Waals surface area (Å²) in [6, 6.07) is 1.69. The number of nitrogens with one attached hydrogen (secondary N) is 2. The van der Waals surface area contributed by atoms with Crippen LogP contribution in [-0.4, -0.2) is 30.6 Å². The lowest BCUT2D eigenvalue weighted by atomic mass is 10.1. The molecule has 0 radical (unpaired) electrons. The van der Waals surface area contributed by atoms with Crippen LogP contribution in [0.3, 0.4) is 0 Å². The summed E-state index contributed by atoms with van der Waals surface area (Å²) in [6.45, 7) is 1.53. The Balaban J connectivity index is 2.19. The van der Waals surface area contributed by atoms with Crippen molar-refractivity contribution in [2.45, 2.75) is 6.42 Å². The molecule has 4 N–H and O–H groups in total. The van der Waals surface area contributed by atoms with E-state index in [-0.39, 0.29) is 17.2 Å². The predicted octanol–water partition coefficient (Wildman–Crippen LogP) is 0.786. The second kappa shape index (κ2) is 6.46. The minimum absolute atomic E-state index is 0.181. The van der Waals surface area contributed by atoms with E-state index in [4.69, 9.17) is 10.6 Å². The molecule has 1 aromatic carbocycles. The van der Waals surface area contributed by atoms with Gasteiger partial charge >= 0.3 is 0 Å². The first kappa shape index (κ1) is 15.1. The summed E-state index contributed by atoms with van der Waals surface area (Å²) < 4.78 is 18.7. The molecule has 8 nitrogen and oxygen atoms in total. The number of ether oxygens (including phenoxy) is 1. The van der Waals surface area contributed by atoms with Crippen molar-refractivity contribution < 1.29 is 18.8 Å². The van der Waals surface area contributed by atoms with Crippen molar-refractivity contribution in [2.75, 3.05) is 25.2 Å². The van der Waals surface area contributed by atoms with Gasteiger partial charge in [-0.25, -0.2) is 4.39 Å². The molecule has 1 aliphatic rings. The number of anilines is 1. The van der Waals surface area contributed by atoms with Gasteiger partial charge in [-0.05, 0) is 12.5 Å². The second-order valence-corrected chi connectivity index (χ2v) is 4.69. The smallest absolute Gasteiger partial charge is 0.285 e. The van der Waals surface area contributed by atoms with E-state index in [2.05, 4.69) is 10.7 Å². The van der Waals surface area contributed by atoms with Crippen LogP contribution in [0.2, 0.25) is 0 Å². The SMILES string of the molecule is NNc1cc(C(=O)NCC2CCOC2)c([N+](=O)[O-])cc1F. The maximum Gasteiger partial charge on any atom is 0.285 e. The van der Waals surface area contributed by atoms with Crippen molar-refractivity contribution in [2.24, 2.45) is 11.8 Å². The van der Waals surface area contributed by atoms with E-state index in [0.29, 0.717) is 25.8 Å². The van der Waals surface area contributed by atoms with Crippen molar-refractivity contribution in [1.82, 2.24) is 5.32 Å². The summed E-state index contributed by atoms with van der Waals surface area (Å²) in [5.41, 5.74) is 1.02. The quantitative estimate of drug-likeness (QED) is 0.420. The molecule has 0 bridgehead atoms. The standard InChI is InChI=1S/C12H15FN4O4/c13-9-4-11(17(19)20)8(3-10(9)16-14)12(18)15-5-7-1-2-21-6-7/h3-4,7,16H,1-2,5-6,14H2,(H,15,18). The van der Waals surface area contributed by atoms with E-state index in [9.17, 15) is 19.3 Å². The largest absolute Gasteiger partial charge is 0.381 e. The monoisotopic (exact) mass is 298 g/mol. The Labute approximate surface area is 119 Å². The summed E-state index contributed by atoms with van der Waals surface area (Å²) in [5, 5.41) is 13.5. The second-order valence-electron chi connectivity index (χ2n) is 4.69. The third kappa shape index (κ3) is 3.44. The molecule has 1 fully saturated rings. The van der Waals surface area contributed by atoms with Crippen LogP contribution in [0.4, 0.5) is 15.8 Å². The lowest BCUT2D eigenvalue weighted by Gasteiger charge is -2.11. The highest BCUT2D eigenvalue weighted by molar-refractivity contribution is 5.99. The fourth-order valence-electron chi connectivity index (χ4n) is 2.08. The van der Waals surface area contributed by atoms with Crippen LogP contribution in [0.1, 0.15) is 16.8 Å². The van der Waals surface area contributed by atoms with Crippen molar-refractivity contribution in [1.29, 1.82) is 0 Å². The fourth-order valence-corrected chi connectivity index (χ4v) is 2.08. The van der Waals surface area contributed by atoms with Gasteiger partial charge in [0.15, 0.2) is 5.82 Å². The number of nitro groups is 1. The zero-order valence-corrected chi connectivity index (χ0v) is 11.1. The molecule has 9 heteroatoms. The third-order valence-corrected chi connectivity index (χ3v) is 3.26. The molecule has 0 aliphatic carbocycles. The number of hydrazine groups is 1. The number of nitrogens with two attached hydrogens (primary N) is 1. The number of hydrogen-bond acceptors (Lipinski definition) is 6. The zero-order valence-electron chi connectivity index (χ0n) is 11.1. The average Bonchev–Trinajstić information content (AvgIpc) is 2.97. The lowest BCUT2D eigenvalue weighted by Crippen LogP contribution is -2.30. The first-order valence-corrected chi connectivity index (χ1v) is 6.33. The van der Waals surface area contributed by atoms with Gasteiger partial charge in [-0.1, -0.05) is 0 Å². The number of rotatable bonds is 5. The summed E-state index contributed by atoms with van der Waals surface area (Å²) in [5.74, 6) is 3.75. The van der Waals surface area contributed by atoms with Gasteiger partial charge in [0.2, 0.25) is 0 Å². The normalized spacial score (nSPS) is 17.5. The molecule has 114 valence electrons. The average molecular weight is 298 g/mol. The Morgan fingerprint density at radius 3 is 2.90 bits per heavy atom. The molecule has 21 heavy (non-hydrogen) atoms. The van der Waals surface area contributed by atoms with Gasteiger partial charge in [0, 0.05) is 19.1 Å². The Kier molecular flexibility index (Phi) is 4.66. The summed E-state index contributed by atoms with van der Waals surface area (Å²) in [4.78, 5) is 22.2. The number of nitro benzene ring substituents is 1. The molecule has 1 aliphatic heterocycles. The highest BCUT2D eigenvalue weighted by Gasteiger charge is 2.24. The van der Waals surface area contributed by atoms with Crippen LogP contribution in [0.25, 0.3) is 0 Å². The van der Waals surface area contributed by atoms with Gasteiger partial charge in [0.05, 0.1) is 23.3 Å². The Bertz CT molecular complexity index is 560. The minimum atomic E-state index is -0.898. The number of amides is 1. The molecule has 1 unspecified atom stereocenters. The number of carbonyl (C=O) groups excluding carboxylic acids is 1. The van der Waals surface area contributed by atoms with Crippen LogP contribution < -0.4 is 16.6 Å².